The normalized spacial score (nSPS) is 17.5. The van der Waals surface area contributed by atoms with E-state index in [9.17, 15) is 9.18 Å². The Morgan fingerprint density at radius 3 is 2.88 bits per heavy atom. The number of aromatic nitrogens is 1. The van der Waals surface area contributed by atoms with E-state index < -0.39 is 5.82 Å². The van der Waals surface area contributed by atoms with Gasteiger partial charge in [0, 0.05) is 49.4 Å². The van der Waals surface area contributed by atoms with Crippen LogP contribution < -0.4 is 5.43 Å². The molecule has 6 heteroatoms. The fourth-order valence-corrected chi connectivity index (χ4v) is 3.31. The van der Waals surface area contributed by atoms with Crippen molar-refractivity contribution in [3.8, 4) is 0 Å². The third kappa shape index (κ3) is 3.83. The third-order valence-electron chi connectivity index (χ3n) is 4.56. The minimum atomic E-state index is -0.393. The summed E-state index contributed by atoms with van der Waals surface area (Å²) in [5.74, 6) is -0.393. The number of para-hydroxylation sites is 1. The zero-order chi connectivity index (χ0) is 17.1. The van der Waals surface area contributed by atoms with Gasteiger partial charge in [-0.15, -0.1) is 0 Å². The number of halogens is 1. The van der Waals surface area contributed by atoms with Crippen LogP contribution in [-0.4, -0.2) is 60.7 Å². The molecule has 130 valence electrons. The van der Waals surface area contributed by atoms with Crippen LogP contribution in [0, 0.1) is 5.82 Å². The Morgan fingerprint density at radius 2 is 2.12 bits per heavy atom. The number of pyridine rings is 1. The average Bonchev–Trinajstić information content (AvgIpc) is 2.56. The SMILES string of the molecule is CC(CN(C)Cc1cc(=O)c2cccc(F)c2[nH]1)N1CCOCC1. The van der Waals surface area contributed by atoms with Gasteiger partial charge in [0.2, 0.25) is 0 Å². The van der Waals surface area contributed by atoms with E-state index >= 15 is 0 Å². The van der Waals surface area contributed by atoms with Crippen molar-refractivity contribution >= 4 is 10.9 Å². The van der Waals surface area contributed by atoms with Crippen LogP contribution in [-0.2, 0) is 11.3 Å². The van der Waals surface area contributed by atoms with Crippen molar-refractivity contribution in [2.24, 2.45) is 0 Å². The molecule has 1 unspecified atom stereocenters. The molecule has 1 aromatic carbocycles. The molecule has 1 fully saturated rings. The molecule has 1 saturated heterocycles. The van der Waals surface area contributed by atoms with E-state index in [-0.39, 0.29) is 10.9 Å². The molecule has 3 rings (SSSR count). The number of hydrogen-bond donors (Lipinski definition) is 1. The molecule has 2 aromatic rings. The fourth-order valence-electron chi connectivity index (χ4n) is 3.31. The first kappa shape index (κ1) is 17.1. The Morgan fingerprint density at radius 1 is 1.38 bits per heavy atom. The lowest BCUT2D eigenvalue weighted by atomic mass is 10.1. The first-order chi connectivity index (χ1) is 11.5. The molecule has 1 aliphatic heterocycles. The van der Waals surface area contributed by atoms with E-state index in [2.05, 4.69) is 21.7 Å². The first-order valence-corrected chi connectivity index (χ1v) is 8.35. The number of likely N-dealkylation sites (N-methyl/N-ethyl adjacent to an activating group) is 1. The van der Waals surface area contributed by atoms with Gasteiger partial charge in [-0.05, 0) is 26.1 Å². The van der Waals surface area contributed by atoms with Crippen molar-refractivity contribution in [2.75, 3.05) is 39.9 Å². The molecule has 1 N–H and O–H groups in total. The lowest BCUT2D eigenvalue weighted by Crippen LogP contribution is -2.46. The summed E-state index contributed by atoms with van der Waals surface area (Å²) in [4.78, 5) is 19.8. The Hall–Kier alpha value is -1.76. The van der Waals surface area contributed by atoms with Crippen molar-refractivity contribution in [1.29, 1.82) is 0 Å². The molecule has 5 nitrogen and oxygen atoms in total. The molecule has 0 bridgehead atoms. The molecule has 2 heterocycles. The summed E-state index contributed by atoms with van der Waals surface area (Å²) in [6, 6.07) is 6.54. The van der Waals surface area contributed by atoms with Crippen LogP contribution in [0.2, 0.25) is 0 Å². The third-order valence-corrected chi connectivity index (χ3v) is 4.56. The Labute approximate surface area is 141 Å². The summed E-state index contributed by atoms with van der Waals surface area (Å²) in [5, 5.41) is 0.392. The second-order valence-corrected chi connectivity index (χ2v) is 6.52. The average molecular weight is 333 g/mol. The van der Waals surface area contributed by atoms with Crippen molar-refractivity contribution in [1.82, 2.24) is 14.8 Å². The van der Waals surface area contributed by atoms with E-state index in [4.69, 9.17) is 4.74 Å². The van der Waals surface area contributed by atoms with Crippen LogP contribution in [0.5, 0.6) is 0 Å². The number of H-pyrrole nitrogens is 1. The van der Waals surface area contributed by atoms with Crippen LogP contribution in [0.15, 0.2) is 29.1 Å². The number of nitrogens with zero attached hydrogens (tertiary/aromatic N) is 2. The van der Waals surface area contributed by atoms with Crippen molar-refractivity contribution in [2.45, 2.75) is 19.5 Å². The standard InChI is InChI=1S/C18H24FN3O2/c1-13(22-6-8-24-9-7-22)11-21(2)12-14-10-17(23)15-4-3-5-16(19)18(15)20-14/h3-5,10,13H,6-9,11-12H2,1-2H3,(H,20,23). The second kappa shape index (κ2) is 7.42. The summed E-state index contributed by atoms with van der Waals surface area (Å²) < 4.78 is 19.3. The quantitative estimate of drug-likeness (QED) is 0.907. The van der Waals surface area contributed by atoms with Crippen LogP contribution in [0.1, 0.15) is 12.6 Å². The van der Waals surface area contributed by atoms with Gasteiger partial charge < -0.3 is 9.72 Å². The predicted octanol–water partition coefficient (Wildman–Crippen LogP) is 1.82. The van der Waals surface area contributed by atoms with E-state index in [1.165, 1.54) is 6.07 Å². The summed E-state index contributed by atoms with van der Waals surface area (Å²) in [6.07, 6.45) is 0. The molecule has 0 saturated carbocycles. The Balaban J connectivity index is 1.70. The van der Waals surface area contributed by atoms with Crippen LogP contribution in [0.4, 0.5) is 4.39 Å². The molecule has 1 aromatic heterocycles. The minimum Gasteiger partial charge on any atom is -0.379 e. The number of benzene rings is 1. The van der Waals surface area contributed by atoms with Gasteiger partial charge in [-0.1, -0.05) is 6.07 Å². The monoisotopic (exact) mass is 333 g/mol. The van der Waals surface area contributed by atoms with Gasteiger partial charge >= 0.3 is 0 Å². The highest BCUT2D eigenvalue weighted by Crippen LogP contribution is 2.13. The summed E-state index contributed by atoms with van der Waals surface area (Å²) >= 11 is 0. The molecule has 0 amide bonds. The fraction of sp³-hybridized carbons (Fsp3) is 0.500. The maximum atomic E-state index is 13.9. The summed E-state index contributed by atoms with van der Waals surface area (Å²) in [7, 11) is 2.01. The number of hydrogen-bond acceptors (Lipinski definition) is 4. The van der Waals surface area contributed by atoms with Gasteiger partial charge in [0.25, 0.3) is 0 Å². The van der Waals surface area contributed by atoms with Gasteiger partial charge in [-0.2, -0.15) is 0 Å². The topological polar surface area (TPSA) is 48.6 Å². The largest absolute Gasteiger partial charge is 0.379 e. The van der Waals surface area contributed by atoms with Crippen molar-refractivity contribution in [3.05, 3.63) is 46.0 Å². The zero-order valence-corrected chi connectivity index (χ0v) is 14.2. The maximum Gasteiger partial charge on any atom is 0.189 e. The molecular weight excluding hydrogens is 309 g/mol. The smallest absolute Gasteiger partial charge is 0.189 e. The van der Waals surface area contributed by atoms with Gasteiger partial charge in [0.15, 0.2) is 5.43 Å². The highest BCUT2D eigenvalue weighted by molar-refractivity contribution is 5.78. The van der Waals surface area contributed by atoms with Gasteiger partial charge in [0.05, 0.1) is 18.7 Å². The lowest BCUT2D eigenvalue weighted by molar-refractivity contribution is 0.0136. The molecule has 1 aliphatic rings. The number of rotatable bonds is 5. The van der Waals surface area contributed by atoms with Crippen LogP contribution in [0.25, 0.3) is 10.9 Å². The van der Waals surface area contributed by atoms with Crippen molar-refractivity contribution < 1.29 is 9.13 Å². The van der Waals surface area contributed by atoms with Crippen LogP contribution in [0.3, 0.4) is 0 Å². The predicted molar refractivity (Wildman–Crippen MR) is 92.7 cm³/mol. The number of morpholine rings is 1. The highest BCUT2D eigenvalue weighted by Gasteiger charge is 2.18. The summed E-state index contributed by atoms with van der Waals surface area (Å²) in [5.41, 5.74) is 0.872. The number of nitrogens with one attached hydrogen (secondary N) is 1. The highest BCUT2D eigenvalue weighted by atomic mass is 19.1. The second-order valence-electron chi connectivity index (χ2n) is 6.52. The van der Waals surface area contributed by atoms with Crippen molar-refractivity contribution in [3.63, 3.8) is 0 Å². The molecule has 0 spiro atoms. The molecule has 1 atom stereocenters. The Bertz CT molecular complexity index is 756. The van der Waals surface area contributed by atoms with Gasteiger partial charge in [-0.25, -0.2) is 4.39 Å². The lowest BCUT2D eigenvalue weighted by Gasteiger charge is -2.34. The number of fused-ring (bicyclic) bond motifs is 1. The maximum absolute atomic E-state index is 13.9. The molecular formula is C18H24FN3O2. The van der Waals surface area contributed by atoms with E-state index in [1.54, 1.807) is 18.2 Å². The van der Waals surface area contributed by atoms with E-state index in [1.807, 2.05) is 7.05 Å². The number of ether oxygens (including phenoxy) is 1. The zero-order valence-electron chi connectivity index (χ0n) is 14.2. The molecule has 0 radical (unpaired) electrons. The number of aromatic amines is 1. The molecule has 0 aliphatic carbocycles. The molecule has 24 heavy (non-hydrogen) atoms. The Kier molecular flexibility index (Phi) is 5.28. The van der Waals surface area contributed by atoms with Gasteiger partial charge in [-0.3, -0.25) is 14.6 Å². The minimum absolute atomic E-state index is 0.145. The summed E-state index contributed by atoms with van der Waals surface area (Å²) in [6.45, 7) is 7.12. The van der Waals surface area contributed by atoms with E-state index in [0.29, 0.717) is 18.0 Å². The van der Waals surface area contributed by atoms with E-state index in [0.717, 1.165) is 38.5 Å². The van der Waals surface area contributed by atoms with Gasteiger partial charge in [0.1, 0.15) is 5.82 Å². The first-order valence-electron chi connectivity index (χ1n) is 8.35. The van der Waals surface area contributed by atoms with Crippen LogP contribution >= 0.6 is 0 Å².